The number of esters is 1. The predicted molar refractivity (Wildman–Crippen MR) is 112 cm³/mol. The van der Waals surface area contributed by atoms with Crippen molar-refractivity contribution in [3.63, 3.8) is 0 Å². The fourth-order valence-corrected chi connectivity index (χ4v) is 2.96. The van der Waals surface area contributed by atoms with Crippen LogP contribution in [0.2, 0.25) is 0 Å². The number of carbonyl (C=O) groups is 1. The molecule has 1 atom stereocenters. The maximum atomic E-state index is 11.0. The predicted octanol–water partition coefficient (Wildman–Crippen LogP) is 5.00. The molecule has 0 aliphatic rings. The molecule has 1 aromatic heterocycles. The SMILES string of the molecule is CC(=O)Oc1ccc(-c2ncc(CCCC(C)OCc3ccccc3)cn2)cc1. The van der Waals surface area contributed by atoms with Gasteiger partial charge >= 0.3 is 5.97 Å². The summed E-state index contributed by atoms with van der Waals surface area (Å²) < 4.78 is 11.0. The summed E-state index contributed by atoms with van der Waals surface area (Å²) in [6, 6.07) is 17.4. The number of aromatic nitrogens is 2. The normalized spacial score (nSPS) is 11.8. The molecule has 0 bridgehead atoms. The largest absolute Gasteiger partial charge is 0.427 e. The van der Waals surface area contributed by atoms with Gasteiger partial charge in [0.15, 0.2) is 5.82 Å². The number of hydrogen-bond donors (Lipinski definition) is 0. The highest BCUT2D eigenvalue weighted by molar-refractivity contribution is 5.69. The average Bonchev–Trinajstić information content (AvgIpc) is 2.74. The zero-order valence-electron chi connectivity index (χ0n) is 16.9. The molecule has 0 aliphatic carbocycles. The van der Waals surface area contributed by atoms with Gasteiger partial charge in [0.05, 0.1) is 12.7 Å². The molecule has 0 amide bonds. The molecule has 0 aliphatic heterocycles. The molecule has 2 aromatic carbocycles. The highest BCUT2D eigenvalue weighted by Crippen LogP contribution is 2.19. The highest BCUT2D eigenvalue weighted by Gasteiger charge is 2.06. The molecule has 0 saturated heterocycles. The quantitative estimate of drug-likeness (QED) is 0.380. The number of ether oxygens (including phenoxy) is 2. The maximum Gasteiger partial charge on any atom is 0.308 e. The minimum Gasteiger partial charge on any atom is -0.427 e. The fourth-order valence-electron chi connectivity index (χ4n) is 2.96. The van der Waals surface area contributed by atoms with Crippen LogP contribution in [0.5, 0.6) is 5.75 Å². The minimum atomic E-state index is -0.335. The first kappa shape index (κ1) is 20.7. The van der Waals surface area contributed by atoms with Crippen LogP contribution in [-0.4, -0.2) is 22.0 Å². The Hall–Kier alpha value is -3.05. The smallest absolute Gasteiger partial charge is 0.308 e. The van der Waals surface area contributed by atoms with Crippen molar-refractivity contribution in [2.45, 2.75) is 45.8 Å². The third-order valence-electron chi connectivity index (χ3n) is 4.53. The zero-order valence-corrected chi connectivity index (χ0v) is 16.9. The summed E-state index contributed by atoms with van der Waals surface area (Å²) in [5.74, 6) is 0.835. The Labute approximate surface area is 171 Å². The summed E-state index contributed by atoms with van der Waals surface area (Å²) in [5.41, 5.74) is 3.19. The highest BCUT2D eigenvalue weighted by atomic mass is 16.5. The minimum absolute atomic E-state index is 0.214. The number of rotatable bonds is 9. The van der Waals surface area contributed by atoms with E-state index in [1.54, 1.807) is 12.1 Å². The van der Waals surface area contributed by atoms with Crippen molar-refractivity contribution in [1.82, 2.24) is 9.97 Å². The van der Waals surface area contributed by atoms with E-state index in [0.717, 1.165) is 30.4 Å². The van der Waals surface area contributed by atoms with Crippen LogP contribution in [0.25, 0.3) is 11.4 Å². The molecule has 5 nitrogen and oxygen atoms in total. The van der Waals surface area contributed by atoms with E-state index in [1.165, 1.54) is 12.5 Å². The Kier molecular flexibility index (Phi) is 7.47. The summed E-state index contributed by atoms with van der Waals surface area (Å²) in [7, 11) is 0. The van der Waals surface area contributed by atoms with Crippen molar-refractivity contribution in [1.29, 1.82) is 0 Å². The van der Waals surface area contributed by atoms with Crippen LogP contribution in [0.15, 0.2) is 67.0 Å². The second kappa shape index (κ2) is 10.5. The molecule has 29 heavy (non-hydrogen) atoms. The van der Waals surface area contributed by atoms with Crippen molar-refractivity contribution >= 4 is 5.97 Å². The van der Waals surface area contributed by atoms with Crippen LogP contribution in [0.1, 0.15) is 37.8 Å². The van der Waals surface area contributed by atoms with E-state index in [4.69, 9.17) is 9.47 Å². The van der Waals surface area contributed by atoms with E-state index >= 15 is 0 Å². The zero-order chi connectivity index (χ0) is 20.5. The summed E-state index contributed by atoms with van der Waals surface area (Å²) in [4.78, 5) is 19.9. The summed E-state index contributed by atoms with van der Waals surface area (Å²) >= 11 is 0. The molecule has 0 spiro atoms. The maximum absolute atomic E-state index is 11.0. The summed E-state index contributed by atoms with van der Waals surface area (Å²) in [6.45, 7) is 4.14. The molecule has 3 rings (SSSR count). The first-order valence-electron chi connectivity index (χ1n) is 9.85. The lowest BCUT2D eigenvalue weighted by molar-refractivity contribution is -0.131. The van der Waals surface area contributed by atoms with Gasteiger partial charge in [0, 0.05) is 24.9 Å². The van der Waals surface area contributed by atoms with Crippen molar-refractivity contribution in [3.05, 3.63) is 78.1 Å². The lowest BCUT2D eigenvalue weighted by Crippen LogP contribution is -2.08. The van der Waals surface area contributed by atoms with E-state index in [9.17, 15) is 4.79 Å². The second-order valence-corrected chi connectivity index (χ2v) is 7.03. The van der Waals surface area contributed by atoms with E-state index in [0.29, 0.717) is 18.2 Å². The van der Waals surface area contributed by atoms with Gasteiger partial charge in [-0.15, -0.1) is 0 Å². The number of aryl methyl sites for hydroxylation is 1. The van der Waals surface area contributed by atoms with E-state index < -0.39 is 0 Å². The number of benzene rings is 2. The third-order valence-corrected chi connectivity index (χ3v) is 4.53. The van der Waals surface area contributed by atoms with Crippen LogP contribution in [0, 0.1) is 0 Å². The lowest BCUT2D eigenvalue weighted by atomic mass is 10.1. The van der Waals surface area contributed by atoms with Crippen LogP contribution in [0.4, 0.5) is 0 Å². The molecule has 0 saturated carbocycles. The molecule has 3 aromatic rings. The van der Waals surface area contributed by atoms with Crippen molar-refractivity contribution < 1.29 is 14.3 Å². The van der Waals surface area contributed by atoms with Crippen molar-refractivity contribution in [2.24, 2.45) is 0 Å². The Morgan fingerprint density at radius 1 is 0.966 bits per heavy atom. The van der Waals surface area contributed by atoms with Crippen LogP contribution in [-0.2, 0) is 22.6 Å². The average molecular weight is 390 g/mol. The van der Waals surface area contributed by atoms with Crippen LogP contribution < -0.4 is 4.74 Å². The Morgan fingerprint density at radius 2 is 1.66 bits per heavy atom. The Morgan fingerprint density at radius 3 is 2.31 bits per heavy atom. The van der Waals surface area contributed by atoms with Gasteiger partial charge in [0.1, 0.15) is 5.75 Å². The molecule has 150 valence electrons. The molecule has 0 radical (unpaired) electrons. The van der Waals surface area contributed by atoms with Gasteiger partial charge in [-0.25, -0.2) is 9.97 Å². The van der Waals surface area contributed by atoms with Gasteiger partial charge < -0.3 is 9.47 Å². The topological polar surface area (TPSA) is 61.3 Å². The van der Waals surface area contributed by atoms with Gasteiger partial charge in [-0.05, 0) is 61.6 Å². The van der Waals surface area contributed by atoms with Crippen LogP contribution in [0.3, 0.4) is 0 Å². The summed E-state index contributed by atoms with van der Waals surface area (Å²) in [5, 5.41) is 0. The molecule has 1 heterocycles. The van der Waals surface area contributed by atoms with E-state index in [-0.39, 0.29) is 12.1 Å². The third kappa shape index (κ3) is 6.80. The van der Waals surface area contributed by atoms with E-state index in [1.807, 2.05) is 42.7 Å². The number of carbonyl (C=O) groups excluding carboxylic acids is 1. The first-order valence-corrected chi connectivity index (χ1v) is 9.85. The Bertz CT molecular complexity index is 894. The number of nitrogens with zero attached hydrogens (tertiary/aromatic N) is 2. The second-order valence-electron chi connectivity index (χ2n) is 7.03. The monoisotopic (exact) mass is 390 g/mol. The molecule has 0 N–H and O–H groups in total. The molecule has 5 heteroatoms. The van der Waals surface area contributed by atoms with E-state index in [2.05, 4.69) is 29.0 Å². The van der Waals surface area contributed by atoms with Crippen molar-refractivity contribution in [2.75, 3.05) is 0 Å². The summed E-state index contributed by atoms with van der Waals surface area (Å²) in [6.07, 6.45) is 6.90. The molecular formula is C24H26N2O3. The fraction of sp³-hybridized carbons (Fsp3) is 0.292. The molecule has 0 fully saturated rings. The van der Waals surface area contributed by atoms with Gasteiger partial charge in [-0.3, -0.25) is 4.79 Å². The first-order chi connectivity index (χ1) is 14.1. The lowest BCUT2D eigenvalue weighted by Gasteiger charge is -2.13. The van der Waals surface area contributed by atoms with Crippen molar-refractivity contribution in [3.8, 4) is 17.1 Å². The van der Waals surface area contributed by atoms with Gasteiger partial charge in [0.2, 0.25) is 0 Å². The van der Waals surface area contributed by atoms with Gasteiger partial charge in [-0.2, -0.15) is 0 Å². The molecule has 1 unspecified atom stereocenters. The Balaban J connectivity index is 1.43. The van der Waals surface area contributed by atoms with Crippen LogP contribution >= 0.6 is 0 Å². The van der Waals surface area contributed by atoms with Gasteiger partial charge in [0.25, 0.3) is 0 Å². The number of hydrogen-bond acceptors (Lipinski definition) is 5. The standard InChI is InChI=1S/C24H26N2O3/c1-18(28-17-20-8-4-3-5-9-20)7-6-10-21-15-25-24(26-16-21)22-11-13-23(14-12-22)29-19(2)27/h3-5,8-9,11-16,18H,6-7,10,17H2,1-2H3. The molecular weight excluding hydrogens is 364 g/mol. The van der Waals surface area contributed by atoms with Gasteiger partial charge in [-0.1, -0.05) is 30.3 Å².